The summed E-state index contributed by atoms with van der Waals surface area (Å²) in [6, 6.07) is 13.8. The molecule has 13 nitrogen and oxygen atoms in total. The molecule has 5 heterocycles. The maximum Gasteiger partial charge on any atom is 0.350 e. The van der Waals surface area contributed by atoms with Crippen LogP contribution >= 0.6 is 23.2 Å². The molecule has 0 spiro atoms. The van der Waals surface area contributed by atoms with E-state index in [1.807, 2.05) is 30.9 Å². The van der Waals surface area contributed by atoms with Crippen LogP contribution in [0.2, 0.25) is 10.0 Å². The average molecular weight is 725 g/mol. The van der Waals surface area contributed by atoms with Gasteiger partial charge in [0, 0.05) is 48.9 Å². The van der Waals surface area contributed by atoms with Crippen molar-refractivity contribution in [2.45, 2.75) is 44.7 Å². The van der Waals surface area contributed by atoms with Crippen molar-refractivity contribution in [1.82, 2.24) is 34.1 Å². The van der Waals surface area contributed by atoms with Gasteiger partial charge in [0.25, 0.3) is 0 Å². The minimum atomic E-state index is -1.20. The van der Waals surface area contributed by atoms with Crippen molar-refractivity contribution in [2.75, 3.05) is 49.2 Å². The lowest BCUT2D eigenvalue weighted by molar-refractivity contribution is -0.190. The van der Waals surface area contributed by atoms with Crippen LogP contribution in [-0.2, 0) is 21.8 Å². The molecule has 0 radical (unpaired) electrons. The minimum absolute atomic E-state index is 0.0373. The summed E-state index contributed by atoms with van der Waals surface area (Å²) in [6.45, 7) is 7.21. The molecule has 3 atom stereocenters. The third-order valence-electron chi connectivity index (χ3n) is 9.07. The number of nitrogens with zero attached hydrogens (tertiary/aromatic N) is 9. The van der Waals surface area contributed by atoms with Crippen molar-refractivity contribution in [2.24, 2.45) is 0 Å². The summed E-state index contributed by atoms with van der Waals surface area (Å²) < 4.78 is 38.4. The quantitative estimate of drug-likeness (QED) is 0.182. The molecular formula is C34H36Cl2FN9O4. The van der Waals surface area contributed by atoms with Crippen molar-refractivity contribution in [3.8, 4) is 11.6 Å². The third-order valence-corrected chi connectivity index (χ3v) is 9.62. The molecule has 0 saturated carbocycles. The molecule has 262 valence electrons. The van der Waals surface area contributed by atoms with Crippen LogP contribution < -0.4 is 20.2 Å². The van der Waals surface area contributed by atoms with Gasteiger partial charge in [-0.2, -0.15) is 10.2 Å². The number of piperazine rings is 1. The van der Waals surface area contributed by atoms with Gasteiger partial charge in [-0.05, 0) is 43.7 Å². The van der Waals surface area contributed by atoms with Gasteiger partial charge in [0.1, 0.15) is 44.1 Å². The maximum absolute atomic E-state index is 15.3. The molecule has 0 bridgehead atoms. The molecular weight excluding hydrogens is 688 g/mol. The fourth-order valence-corrected chi connectivity index (χ4v) is 6.73. The predicted octanol–water partition coefficient (Wildman–Crippen LogP) is 5.11. The molecule has 3 aromatic heterocycles. The van der Waals surface area contributed by atoms with E-state index >= 15 is 4.39 Å². The minimum Gasteiger partial charge on any atom is -0.475 e. The van der Waals surface area contributed by atoms with E-state index in [1.165, 1.54) is 28.0 Å². The standard InChI is InChI=1S/C34H36Cl2FN9O4/c1-3-23(2)46-33(47)45(22-41-46)25-5-8-31(30(37)15-25)43-12-10-42(11-13-43)26-6-9-32(39-16-26)48-17-27-18-49-34(50-27,19-44-21-38-20-40-44)28-7-4-24(35)14-29(28)36/h4-9,14-16,20-23,27H,3,10-13,17-19H2,1-2H3/t23-,27-,34-/m1/s1. The number of hydrogen-bond acceptors (Lipinski definition) is 10. The number of hydrogen-bond donors (Lipinski definition) is 0. The summed E-state index contributed by atoms with van der Waals surface area (Å²) in [5.41, 5.74) is 2.23. The zero-order valence-corrected chi connectivity index (χ0v) is 29.0. The van der Waals surface area contributed by atoms with Crippen LogP contribution in [0.1, 0.15) is 31.9 Å². The third kappa shape index (κ3) is 6.93. The second kappa shape index (κ2) is 14.4. The molecule has 0 aliphatic carbocycles. The Balaban J connectivity index is 0.939. The average Bonchev–Trinajstić information content (AvgIpc) is 3.88. The zero-order chi connectivity index (χ0) is 34.8. The Morgan fingerprint density at radius 2 is 1.82 bits per heavy atom. The second-order valence-electron chi connectivity index (χ2n) is 12.3. The summed E-state index contributed by atoms with van der Waals surface area (Å²) in [7, 11) is 0. The monoisotopic (exact) mass is 723 g/mol. The summed E-state index contributed by atoms with van der Waals surface area (Å²) in [6.07, 6.45) is 6.60. The molecule has 2 aliphatic heterocycles. The van der Waals surface area contributed by atoms with E-state index in [4.69, 9.17) is 37.4 Å². The molecule has 0 amide bonds. The molecule has 0 N–H and O–H groups in total. The highest BCUT2D eigenvalue weighted by molar-refractivity contribution is 6.35. The first-order chi connectivity index (χ1) is 24.2. The fourth-order valence-electron chi connectivity index (χ4n) is 6.18. The first-order valence-electron chi connectivity index (χ1n) is 16.4. The molecule has 2 aliphatic rings. The lowest BCUT2D eigenvalue weighted by Gasteiger charge is -2.37. The van der Waals surface area contributed by atoms with Crippen molar-refractivity contribution >= 4 is 34.6 Å². The van der Waals surface area contributed by atoms with E-state index < -0.39 is 11.9 Å². The van der Waals surface area contributed by atoms with Crippen LogP contribution in [-0.4, -0.2) is 79.6 Å². The topological polar surface area (TPSA) is 118 Å². The molecule has 2 aromatic carbocycles. The fraction of sp³-hybridized carbons (Fsp3) is 0.382. The lowest BCUT2D eigenvalue weighted by Crippen LogP contribution is -2.46. The number of benzene rings is 2. The van der Waals surface area contributed by atoms with E-state index in [2.05, 4.69) is 25.1 Å². The summed E-state index contributed by atoms with van der Waals surface area (Å²) >= 11 is 12.7. The summed E-state index contributed by atoms with van der Waals surface area (Å²) in [5, 5.41) is 9.33. The van der Waals surface area contributed by atoms with Gasteiger partial charge in [-0.1, -0.05) is 36.2 Å². The van der Waals surface area contributed by atoms with Crippen molar-refractivity contribution in [3.63, 3.8) is 0 Å². The van der Waals surface area contributed by atoms with E-state index in [0.717, 1.165) is 12.1 Å². The Kier molecular flexibility index (Phi) is 9.78. The number of aromatic nitrogens is 7. The number of pyridine rings is 1. The SMILES string of the molecule is CC[C@@H](C)n1ncn(-c2ccc(N3CCN(c4ccc(OC[C@@H]5CO[C@@](Cn6cncn6)(c6ccc(Cl)cc6Cl)O5)nc4)CC3)c(F)c2)c1=O. The first-order valence-corrected chi connectivity index (χ1v) is 17.1. The van der Waals surface area contributed by atoms with Crippen LogP contribution in [0.25, 0.3) is 5.69 Å². The van der Waals surface area contributed by atoms with Gasteiger partial charge in [-0.15, -0.1) is 0 Å². The van der Waals surface area contributed by atoms with Crippen LogP contribution in [0.15, 0.2) is 78.5 Å². The first kappa shape index (κ1) is 34.0. The highest BCUT2D eigenvalue weighted by atomic mass is 35.5. The van der Waals surface area contributed by atoms with Gasteiger partial charge in [0.15, 0.2) is 0 Å². The highest BCUT2D eigenvalue weighted by Crippen LogP contribution is 2.40. The van der Waals surface area contributed by atoms with Crippen molar-refractivity contribution < 1.29 is 18.6 Å². The molecule has 0 unspecified atom stereocenters. The van der Waals surface area contributed by atoms with E-state index in [9.17, 15) is 4.79 Å². The van der Waals surface area contributed by atoms with Crippen LogP contribution in [0.3, 0.4) is 0 Å². The molecule has 5 aromatic rings. The summed E-state index contributed by atoms with van der Waals surface area (Å²) in [5.74, 6) is -1.14. The second-order valence-corrected chi connectivity index (χ2v) is 13.1. The molecule has 50 heavy (non-hydrogen) atoms. The van der Waals surface area contributed by atoms with E-state index in [0.29, 0.717) is 59.0 Å². The Hall–Kier alpha value is -4.50. The molecule has 7 rings (SSSR count). The number of ether oxygens (including phenoxy) is 3. The van der Waals surface area contributed by atoms with Gasteiger partial charge >= 0.3 is 5.69 Å². The van der Waals surface area contributed by atoms with Crippen molar-refractivity contribution in [3.05, 3.63) is 106 Å². The Labute approximate surface area is 297 Å². The highest BCUT2D eigenvalue weighted by Gasteiger charge is 2.45. The predicted molar refractivity (Wildman–Crippen MR) is 186 cm³/mol. The Bertz CT molecular complexity index is 1980. The number of rotatable bonds is 11. The number of halogens is 3. The van der Waals surface area contributed by atoms with Crippen LogP contribution in [0.4, 0.5) is 15.8 Å². The van der Waals surface area contributed by atoms with Gasteiger partial charge < -0.3 is 24.0 Å². The largest absolute Gasteiger partial charge is 0.475 e. The number of anilines is 2. The zero-order valence-electron chi connectivity index (χ0n) is 27.5. The molecule has 16 heteroatoms. The molecule has 2 fully saturated rings. The smallest absolute Gasteiger partial charge is 0.350 e. The van der Waals surface area contributed by atoms with Gasteiger partial charge in [0.2, 0.25) is 11.7 Å². The van der Waals surface area contributed by atoms with Crippen LogP contribution in [0.5, 0.6) is 5.88 Å². The van der Waals surface area contributed by atoms with Gasteiger partial charge in [-0.3, -0.25) is 0 Å². The van der Waals surface area contributed by atoms with Crippen molar-refractivity contribution in [1.29, 1.82) is 0 Å². The van der Waals surface area contributed by atoms with Crippen LogP contribution in [0, 0.1) is 5.82 Å². The Morgan fingerprint density at radius 3 is 2.52 bits per heavy atom. The normalized spacial score (nSPS) is 20.0. The molecule has 2 saturated heterocycles. The summed E-state index contributed by atoms with van der Waals surface area (Å²) in [4.78, 5) is 25.5. The lowest BCUT2D eigenvalue weighted by atomic mass is 10.1. The maximum atomic E-state index is 15.3. The van der Waals surface area contributed by atoms with E-state index in [1.54, 1.807) is 47.5 Å². The van der Waals surface area contributed by atoms with Gasteiger partial charge in [0.05, 0.1) is 40.9 Å². The Morgan fingerprint density at radius 1 is 1.02 bits per heavy atom. The van der Waals surface area contributed by atoms with E-state index in [-0.39, 0.29) is 37.3 Å². The van der Waals surface area contributed by atoms with Gasteiger partial charge in [-0.25, -0.2) is 33.1 Å².